The molecule has 0 fully saturated rings. The van der Waals surface area contributed by atoms with E-state index in [0.717, 1.165) is 0 Å². The molecule has 3 rings (SSSR count). The second-order valence-corrected chi connectivity index (χ2v) is 4.68. The van der Waals surface area contributed by atoms with E-state index >= 15 is 0 Å². The molecule has 0 aromatic carbocycles. The highest BCUT2D eigenvalue weighted by molar-refractivity contribution is 5.92. The molecule has 2 aromatic rings. The molecule has 1 aliphatic rings. The monoisotopic (exact) mass is 316 g/mol. The lowest BCUT2D eigenvalue weighted by atomic mass is 10.3. The molecule has 2 N–H and O–H groups in total. The zero-order chi connectivity index (χ0) is 15.9. The Labute approximate surface area is 121 Å². The number of nitrogens with zero attached hydrogens (tertiary/aromatic N) is 4. The van der Waals surface area contributed by atoms with E-state index in [-0.39, 0.29) is 11.5 Å². The van der Waals surface area contributed by atoms with Gasteiger partial charge in [-0.05, 0) is 6.92 Å². The maximum absolute atomic E-state index is 12.4. The highest BCUT2D eigenvalue weighted by atomic mass is 19.4. The van der Waals surface area contributed by atoms with E-state index in [0.29, 0.717) is 19.0 Å². The number of alkyl halides is 3. The quantitative estimate of drug-likeness (QED) is 0.877. The standard InChI is InChI=1S/C11H11F3N6O2/c1-5(8-16-10(18-17-8)11(12,13)14)15-9(21)6-4-7-20(19-6)2-3-22-7/h4-5H,2-3H2,1H3,(H,15,21)(H,16,17,18). The Morgan fingerprint density at radius 3 is 2.95 bits per heavy atom. The number of aromatic amines is 1. The lowest BCUT2D eigenvalue weighted by Crippen LogP contribution is -2.28. The molecule has 1 amide bonds. The number of hydrogen-bond donors (Lipinski definition) is 2. The van der Waals surface area contributed by atoms with E-state index in [1.165, 1.54) is 17.7 Å². The Bertz CT molecular complexity index is 685. The normalized spacial score (nSPS) is 15.3. The molecule has 0 aliphatic carbocycles. The molecule has 1 atom stereocenters. The largest absolute Gasteiger partial charge is 0.476 e. The van der Waals surface area contributed by atoms with Crippen LogP contribution in [0.3, 0.4) is 0 Å². The van der Waals surface area contributed by atoms with Gasteiger partial charge in [-0.3, -0.25) is 9.89 Å². The lowest BCUT2D eigenvalue weighted by molar-refractivity contribution is -0.144. The minimum atomic E-state index is -4.64. The fraction of sp³-hybridized carbons (Fsp3) is 0.455. The first kappa shape index (κ1) is 14.4. The number of nitrogens with one attached hydrogen (secondary N) is 2. The van der Waals surface area contributed by atoms with Gasteiger partial charge in [0.05, 0.1) is 12.6 Å². The van der Waals surface area contributed by atoms with Gasteiger partial charge in [0.1, 0.15) is 12.4 Å². The van der Waals surface area contributed by atoms with Gasteiger partial charge in [-0.1, -0.05) is 0 Å². The fourth-order valence-electron chi connectivity index (χ4n) is 1.96. The molecule has 2 aromatic heterocycles. The minimum Gasteiger partial charge on any atom is -0.476 e. The topological polar surface area (TPSA) is 97.7 Å². The van der Waals surface area contributed by atoms with E-state index in [9.17, 15) is 18.0 Å². The molecule has 11 heteroatoms. The summed E-state index contributed by atoms with van der Waals surface area (Å²) < 4.78 is 44.0. The highest BCUT2D eigenvalue weighted by Crippen LogP contribution is 2.26. The van der Waals surface area contributed by atoms with E-state index in [1.807, 2.05) is 0 Å². The maximum Gasteiger partial charge on any atom is 0.453 e. The number of ether oxygens (including phenoxy) is 1. The van der Waals surface area contributed by atoms with Crippen LogP contribution in [-0.2, 0) is 12.7 Å². The summed E-state index contributed by atoms with van der Waals surface area (Å²) in [5.41, 5.74) is 0.122. The Balaban J connectivity index is 1.69. The van der Waals surface area contributed by atoms with Crippen molar-refractivity contribution in [2.75, 3.05) is 6.61 Å². The number of hydrogen-bond acceptors (Lipinski definition) is 5. The third-order valence-electron chi connectivity index (χ3n) is 3.04. The van der Waals surface area contributed by atoms with Crippen molar-refractivity contribution in [1.82, 2.24) is 30.3 Å². The number of carbonyl (C=O) groups is 1. The van der Waals surface area contributed by atoms with Gasteiger partial charge in [0, 0.05) is 6.07 Å². The summed E-state index contributed by atoms with van der Waals surface area (Å²) in [5, 5.41) is 11.8. The molecular weight excluding hydrogens is 305 g/mol. The number of aromatic nitrogens is 5. The van der Waals surface area contributed by atoms with Crippen molar-refractivity contribution in [3.8, 4) is 5.88 Å². The molecule has 0 spiro atoms. The Morgan fingerprint density at radius 1 is 1.55 bits per heavy atom. The third-order valence-corrected chi connectivity index (χ3v) is 3.04. The summed E-state index contributed by atoms with van der Waals surface area (Å²) in [5.74, 6) is -1.43. The Morgan fingerprint density at radius 2 is 2.32 bits per heavy atom. The number of carbonyl (C=O) groups excluding carboxylic acids is 1. The molecule has 3 heterocycles. The number of rotatable bonds is 3. The van der Waals surface area contributed by atoms with Crippen LogP contribution in [0, 0.1) is 0 Å². The molecule has 0 radical (unpaired) electrons. The number of halogens is 3. The van der Waals surface area contributed by atoms with Crippen LogP contribution in [0.4, 0.5) is 13.2 Å². The van der Waals surface area contributed by atoms with Crippen LogP contribution in [-0.4, -0.2) is 37.5 Å². The van der Waals surface area contributed by atoms with E-state index in [4.69, 9.17) is 4.74 Å². The molecule has 0 saturated heterocycles. The summed E-state index contributed by atoms with van der Waals surface area (Å²) in [6.45, 7) is 2.53. The maximum atomic E-state index is 12.4. The van der Waals surface area contributed by atoms with E-state index in [2.05, 4.69) is 25.6 Å². The van der Waals surface area contributed by atoms with Crippen molar-refractivity contribution in [2.24, 2.45) is 0 Å². The van der Waals surface area contributed by atoms with Gasteiger partial charge in [0.25, 0.3) is 11.7 Å². The molecular formula is C11H11F3N6O2. The van der Waals surface area contributed by atoms with Crippen molar-refractivity contribution in [2.45, 2.75) is 25.7 Å². The summed E-state index contributed by atoms with van der Waals surface area (Å²) in [6.07, 6.45) is -4.64. The SMILES string of the molecule is CC(NC(=O)c1cc2n(n1)CCO2)c1nc(C(F)(F)F)n[nH]1. The van der Waals surface area contributed by atoms with Gasteiger partial charge in [0.15, 0.2) is 5.69 Å². The summed E-state index contributed by atoms with van der Waals surface area (Å²) in [6, 6.07) is 0.685. The number of fused-ring (bicyclic) bond motifs is 1. The predicted molar refractivity (Wildman–Crippen MR) is 65.0 cm³/mol. The summed E-state index contributed by atoms with van der Waals surface area (Å²) in [4.78, 5) is 15.3. The van der Waals surface area contributed by atoms with Crippen molar-refractivity contribution in [3.05, 3.63) is 23.4 Å². The second-order valence-electron chi connectivity index (χ2n) is 4.68. The zero-order valence-electron chi connectivity index (χ0n) is 11.3. The first-order chi connectivity index (χ1) is 10.3. The van der Waals surface area contributed by atoms with Crippen molar-refractivity contribution >= 4 is 5.91 Å². The highest BCUT2D eigenvalue weighted by Gasteiger charge is 2.36. The van der Waals surface area contributed by atoms with Crippen molar-refractivity contribution in [1.29, 1.82) is 0 Å². The van der Waals surface area contributed by atoms with Crippen molar-refractivity contribution < 1.29 is 22.7 Å². The number of H-pyrrole nitrogens is 1. The van der Waals surface area contributed by atoms with Gasteiger partial charge in [0.2, 0.25) is 5.88 Å². The minimum absolute atomic E-state index is 0.0938. The van der Waals surface area contributed by atoms with Crippen LogP contribution in [0.2, 0.25) is 0 Å². The van der Waals surface area contributed by atoms with Gasteiger partial charge >= 0.3 is 6.18 Å². The smallest absolute Gasteiger partial charge is 0.453 e. The Kier molecular flexibility index (Phi) is 3.26. The van der Waals surface area contributed by atoms with Crippen LogP contribution in [0.5, 0.6) is 5.88 Å². The molecule has 0 bridgehead atoms. The average Bonchev–Trinajstić information content (AvgIpc) is 3.12. The molecule has 1 unspecified atom stereocenters. The molecule has 0 saturated carbocycles. The molecule has 8 nitrogen and oxygen atoms in total. The molecule has 22 heavy (non-hydrogen) atoms. The number of amides is 1. The van der Waals surface area contributed by atoms with Crippen LogP contribution in [0.15, 0.2) is 6.07 Å². The lowest BCUT2D eigenvalue weighted by Gasteiger charge is -2.09. The first-order valence-corrected chi connectivity index (χ1v) is 6.35. The van der Waals surface area contributed by atoms with Gasteiger partial charge in [-0.2, -0.15) is 18.3 Å². The van der Waals surface area contributed by atoms with Gasteiger partial charge < -0.3 is 10.1 Å². The predicted octanol–water partition coefficient (Wildman–Crippen LogP) is 0.903. The zero-order valence-corrected chi connectivity index (χ0v) is 11.3. The summed E-state index contributed by atoms with van der Waals surface area (Å²) in [7, 11) is 0. The van der Waals surface area contributed by atoms with Crippen LogP contribution < -0.4 is 10.1 Å². The molecule has 118 valence electrons. The van der Waals surface area contributed by atoms with Crippen molar-refractivity contribution in [3.63, 3.8) is 0 Å². The van der Waals surface area contributed by atoms with Crippen LogP contribution in [0.1, 0.15) is 35.1 Å². The average molecular weight is 316 g/mol. The second kappa shape index (κ2) is 5.00. The van der Waals surface area contributed by atoms with Crippen LogP contribution in [0.25, 0.3) is 0 Å². The summed E-state index contributed by atoms with van der Waals surface area (Å²) >= 11 is 0. The Hall–Kier alpha value is -2.59. The van der Waals surface area contributed by atoms with Gasteiger partial charge in [-0.25, -0.2) is 9.67 Å². The van der Waals surface area contributed by atoms with E-state index < -0.39 is 23.9 Å². The van der Waals surface area contributed by atoms with Crippen LogP contribution >= 0.6 is 0 Å². The fourth-order valence-corrected chi connectivity index (χ4v) is 1.96. The first-order valence-electron chi connectivity index (χ1n) is 6.35. The third kappa shape index (κ3) is 2.61. The van der Waals surface area contributed by atoms with Gasteiger partial charge in [-0.15, -0.1) is 5.10 Å². The van der Waals surface area contributed by atoms with E-state index in [1.54, 1.807) is 0 Å². The molecule has 1 aliphatic heterocycles.